The normalized spacial score (nSPS) is 34.1. The fraction of sp³-hybridized carbons (Fsp3) is 0.529. The molecule has 5 heteroatoms. The fourth-order valence-electron chi connectivity index (χ4n) is 3.05. The highest BCUT2D eigenvalue weighted by Crippen LogP contribution is 2.39. The molecule has 1 aromatic carbocycles. The summed E-state index contributed by atoms with van der Waals surface area (Å²) >= 11 is 0. The van der Waals surface area contributed by atoms with Crippen LogP contribution >= 0.6 is 0 Å². The van der Waals surface area contributed by atoms with Crippen LogP contribution in [0.1, 0.15) is 20.3 Å². The molecule has 0 spiro atoms. The van der Waals surface area contributed by atoms with Crippen LogP contribution in [0.3, 0.4) is 0 Å². The van der Waals surface area contributed by atoms with Crippen LogP contribution < -0.4 is 5.32 Å². The van der Waals surface area contributed by atoms with E-state index in [9.17, 15) is 5.11 Å². The number of hydrogen-bond donors (Lipinski definition) is 2. The number of nitrogens with one attached hydrogen (secondary N) is 1. The monoisotopic (exact) mass is 305 g/mol. The molecule has 2 saturated heterocycles. The summed E-state index contributed by atoms with van der Waals surface area (Å²) in [5, 5.41) is 14.0. The molecule has 0 saturated carbocycles. The molecule has 5 atom stereocenters. The Morgan fingerprint density at radius 2 is 2.05 bits per heavy atom. The van der Waals surface area contributed by atoms with Crippen LogP contribution in [-0.2, 0) is 14.2 Å². The minimum atomic E-state index is -0.743. The predicted molar refractivity (Wildman–Crippen MR) is 83.4 cm³/mol. The van der Waals surface area contributed by atoms with Crippen molar-refractivity contribution in [3.63, 3.8) is 0 Å². The average molecular weight is 305 g/mol. The lowest BCUT2D eigenvalue weighted by molar-refractivity contribution is -0.216. The Labute approximate surface area is 130 Å². The Kier molecular flexibility index (Phi) is 4.23. The van der Waals surface area contributed by atoms with Crippen LogP contribution in [0.25, 0.3) is 0 Å². The molecule has 2 heterocycles. The molecule has 2 aliphatic rings. The number of benzene rings is 1. The van der Waals surface area contributed by atoms with Gasteiger partial charge in [0.25, 0.3) is 0 Å². The van der Waals surface area contributed by atoms with Crippen molar-refractivity contribution in [1.82, 2.24) is 0 Å². The summed E-state index contributed by atoms with van der Waals surface area (Å²) in [7, 11) is 0. The molecule has 3 rings (SSSR count). The number of para-hydroxylation sites is 1. The average Bonchev–Trinajstić information content (AvgIpc) is 2.93. The van der Waals surface area contributed by atoms with Crippen molar-refractivity contribution in [2.24, 2.45) is 0 Å². The van der Waals surface area contributed by atoms with Crippen LogP contribution in [-0.4, -0.2) is 41.5 Å². The van der Waals surface area contributed by atoms with E-state index < -0.39 is 30.4 Å². The van der Waals surface area contributed by atoms with Gasteiger partial charge in [0.2, 0.25) is 0 Å². The van der Waals surface area contributed by atoms with Crippen LogP contribution in [0.5, 0.6) is 0 Å². The molecule has 0 aromatic heterocycles. The second kappa shape index (κ2) is 6.01. The standard InChI is InChI=1S/C17H23NO4/c1-4-8-12(18-11-9-6-5-7-10-11)14-13(19)15-16(20-14)22-17(2,3)21-15/h4-7,9-10,12-16,18-19H,1,8H2,2-3H3/t12?,13-,14-,15+,16+/m0/s1. The van der Waals surface area contributed by atoms with Gasteiger partial charge >= 0.3 is 0 Å². The maximum atomic E-state index is 10.6. The SMILES string of the molecule is C=CCC(Nc1ccccc1)[C@@H]1O[C@@H]2OC(C)(C)O[C@@H]2[C@H]1O. The van der Waals surface area contributed by atoms with E-state index in [2.05, 4.69) is 11.9 Å². The lowest BCUT2D eigenvalue weighted by atomic mass is 10.0. The molecule has 2 aliphatic heterocycles. The van der Waals surface area contributed by atoms with Crippen molar-refractivity contribution in [3.05, 3.63) is 43.0 Å². The summed E-state index contributed by atoms with van der Waals surface area (Å²) in [6.45, 7) is 7.43. The van der Waals surface area contributed by atoms with E-state index in [-0.39, 0.29) is 6.04 Å². The molecule has 22 heavy (non-hydrogen) atoms. The molecule has 0 amide bonds. The van der Waals surface area contributed by atoms with Gasteiger partial charge in [0.15, 0.2) is 12.1 Å². The highest BCUT2D eigenvalue weighted by Gasteiger charge is 2.55. The minimum absolute atomic E-state index is 0.101. The number of anilines is 1. The maximum Gasteiger partial charge on any atom is 0.190 e. The van der Waals surface area contributed by atoms with Crippen molar-refractivity contribution in [2.75, 3.05) is 5.32 Å². The van der Waals surface area contributed by atoms with E-state index in [0.29, 0.717) is 6.42 Å². The maximum absolute atomic E-state index is 10.6. The molecule has 120 valence electrons. The van der Waals surface area contributed by atoms with Crippen molar-refractivity contribution >= 4 is 5.69 Å². The van der Waals surface area contributed by atoms with E-state index in [4.69, 9.17) is 14.2 Å². The Morgan fingerprint density at radius 3 is 2.68 bits per heavy atom. The van der Waals surface area contributed by atoms with E-state index in [0.717, 1.165) is 5.69 Å². The Bertz CT molecular complexity index is 519. The highest BCUT2D eigenvalue weighted by molar-refractivity contribution is 5.44. The van der Waals surface area contributed by atoms with Gasteiger partial charge in [-0.15, -0.1) is 6.58 Å². The predicted octanol–water partition coefficient (Wildman–Crippen LogP) is 2.28. The second-order valence-corrected chi connectivity index (χ2v) is 6.20. The van der Waals surface area contributed by atoms with Crippen LogP contribution in [0.15, 0.2) is 43.0 Å². The number of aliphatic hydroxyl groups excluding tert-OH is 1. The summed E-state index contributed by atoms with van der Waals surface area (Å²) in [5.41, 5.74) is 0.976. The Morgan fingerprint density at radius 1 is 1.32 bits per heavy atom. The summed E-state index contributed by atoms with van der Waals surface area (Å²) in [4.78, 5) is 0. The van der Waals surface area contributed by atoms with Gasteiger partial charge in [-0.2, -0.15) is 0 Å². The van der Waals surface area contributed by atoms with Gasteiger partial charge in [-0.05, 0) is 32.4 Å². The number of ether oxygens (including phenoxy) is 3. The lowest BCUT2D eigenvalue weighted by Crippen LogP contribution is -2.44. The quantitative estimate of drug-likeness (QED) is 0.817. The molecule has 0 bridgehead atoms. The highest BCUT2D eigenvalue weighted by atomic mass is 16.8. The topological polar surface area (TPSA) is 60.0 Å². The third kappa shape index (κ3) is 3.03. The fourth-order valence-corrected chi connectivity index (χ4v) is 3.05. The Balaban J connectivity index is 1.72. The van der Waals surface area contributed by atoms with Gasteiger partial charge in [-0.1, -0.05) is 24.3 Å². The number of fused-ring (bicyclic) bond motifs is 1. The van der Waals surface area contributed by atoms with Crippen molar-refractivity contribution in [1.29, 1.82) is 0 Å². The largest absolute Gasteiger partial charge is 0.387 e. The Hall–Kier alpha value is -1.40. The lowest BCUT2D eigenvalue weighted by Gasteiger charge is -2.29. The molecule has 5 nitrogen and oxygen atoms in total. The minimum Gasteiger partial charge on any atom is -0.387 e. The first-order chi connectivity index (χ1) is 10.5. The van der Waals surface area contributed by atoms with Crippen molar-refractivity contribution in [2.45, 2.75) is 56.7 Å². The number of hydrogen-bond acceptors (Lipinski definition) is 5. The second-order valence-electron chi connectivity index (χ2n) is 6.20. The van der Waals surface area contributed by atoms with Crippen LogP contribution in [0.2, 0.25) is 0 Å². The van der Waals surface area contributed by atoms with E-state index in [1.54, 1.807) is 0 Å². The first-order valence-electron chi connectivity index (χ1n) is 7.62. The third-order valence-corrected chi connectivity index (χ3v) is 4.00. The summed E-state index contributed by atoms with van der Waals surface area (Å²) in [6.07, 6.45) is 0.345. The van der Waals surface area contributed by atoms with Gasteiger partial charge in [0.1, 0.15) is 18.3 Å². The first kappa shape index (κ1) is 15.5. The third-order valence-electron chi connectivity index (χ3n) is 4.00. The summed E-state index contributed by atoms with van der Waals surface area (Å²) in [6, 6.07) is 9.74. The van der Waals surface area contributed by atoms with Crippen LogP contribution in [0.4, 0.5) is 5.69 Å². The zero-order valence-electron chi connectivity index (χ0n) is 12.9. The zero-order chi connectivity index (χ0) is 15.7. The van der Waals surface area contributed by atoms with Gasteiger partial charge in [0, 0.05) is 5.69 Å². The van der Waals surface area contributed by atoms with Crippen molar-refractivity contribution in [3.8, 4) is 0 Å². The van der Waals surface area contributed by atoms with Crippen molar-refractivity contribution < 1.29 is 19.3 Å². The van der Waals surface area contributed by atoms with Gasteiger partial charge in [-0.3, -0.25) is 0 Å². The van der Waals surface area contributed by atoms with E-state index in [1.165, 1.54) is 0 Å². The number of aliphatic hydroxyl groups is 1. The van der Waals surface area contributed by atoms with Gasteiger partial charge in [-0.25, -0.2) is 0 Å². The number of rotatable bonds is 5. The summed E-state index contributed by atoms with van der Waals surface area (Å²) < 4.78 is 17.3. The van der Waals surface area contributed by atoms with E-state index >= 15 is 0 Å². The summed E-state index contributed by atoms with van der Waals surface area (Å²) in [5.74, 6) is -0.720. The van der Waals surface area contributed by atoms with E-state index in [1.807, 2.05) is 50.3 Å². The molecule has 1 unspecified atom stereocenters. The molecular formula is C17H23NO4. The van der Waals surface area contributed by atoms with Gasteiger partial charge in [0.05, 0.1) is 6.04 Å². The smallest absolute Gasteiger partial charge is 0.190 e. The van der Waals surface area contributed by atoms with Gasteiger partial charge < -0.3 is 24.6 Å². The molecule has 2 N–H and O–H groups in total. The van der Waals surface area contributed by atoms with Crippen LogP contribution in [0, 0.1) is 0 Å². The molecule has 1 aromatic rings. The molecule has 2 fully saturated rings. The molecular weight excluding hydrogens is 282 g/mol. The zero-order valence-corrected chi connectivity index (χ0v) is 12.9. The first-order valence-corrected chi connectivity index (χ1v) is 7.62. The molecule has 0 aliphatic carbocycles. The molecule has 0 radical (unpaired) electrons.